The second-order valence-corrected chi connectivity index (χ2v) is 6.51. The van der Waals surface area contributed by atoms with Crippen LogP contribution in [0.25, 0.3) is 10.8 Å². The summed E-state index contributed by atoms with van der Waals surface area (Å²) in [4.78, 5) is 13.2. The lowest BCUT2D eigenvalue weighted by Crippen LogP contribution is -2.19. The molecule has 0 spiro atoms. The van der Waals surface area contributed by atoms with Crippen LogP contribution < -0.4 is 0 Å². The van der Waals surface area contributed by atoms with E-state index < -0.39 is 0 Å². The number of aromatic nitrogens is 3. The van der Waals surface area contributed by atoms with Crippen LogP contribution in [0.2, 0.25) is 5.15 Å². The molecule has 1 unspecified atom stereocenters. The van der Waals surface area contributed by atoms with Gasteiger partial charge in [-0.05, 0) is 11.6 Å². The fourth-order valence-corrected chi connectivity index (χ4v) is 3.57. The van der Waals surface area contributed by atoms with E-state index in [4.69, 9.17) is 16.3 Å². The smallest absolute Gasteiger partial charge is 0.188 e. The number of hydrogen-bond acceptors (Lipinski definition) is 5. The van der Waals surface area contributed by atoms with Crippen molar-refractivity contribution >= 4 is 34.1 Å². The highest BCUT2D eigenvalue weighted by Crippen LogP contribution is 2.35. The van der Waals surface area contributed by atoms with E-state index in [0.29, 0.717) is 23.3 Å². The van der Waals surface area contributed by atoms with Gasteiger partial charge in [0.25, 0.3) is 0 Å². The highest BCUT2D eigenvalue weighted by Gasteiger charge is 2.26. The van der Waals surface area contributed by atoms with Gasteiger partial charge >= 0.3 is 0 Å². The zero-order valence-corrected chi connectivity index (χ0v) is 14.1. The summed E-state index contributed by atoms with van der Waals surface area (Å²) in [5.41, 5.74) is 2.96. The normalized spacial score (nSPS) is 17.2. The van der Waals surface area contributed by atoms with Crippen molar-refractivity contribution in [3.8, 4) is 0 Å². The second kappa shape index (κ2) is 6.07. The van der Waals surface area contributed by atoms with Gasteiger partial charge in [-0.3, -0.25) is 4.98 Å². The summed E-state index contributed by atoms with van der Waals surface area (Å²) in [7, 11) is 0. The molecule has 4 nitrogen and oxygen atoms in total. The summed E-state index contributed by atoms with van der Waals surface area (Å²) in [6.45, 7) is 0.427. The van der Waals surface area contributed by atoms with Crippen molar-refractivity contribution in [1.82, 2.24) is 15.0 Å². The number of halogens is 1. The molecule has 2 aromatic heterocycles. The fourth-order valence-electron chi connectivity index (χ4n) is 2.90. The molecule has 0 aliphatic carbocycles. The molecule has 1 aliphatic rings. The molecule has 0 N–H and O–H groups in total. The van der Waals surface area contributed by atoms with E-state index in [0.717, 1.165) is 22.2 Å². The molecule has 1 aromatic carbocycles. The van der Waals surface area contributed by atoms with E-state index in [9.17, 15) is 0 Å². The van der Waals surface area contributed by atoms with Crippen LogP contribution in [0.1, 0.15) is 22.9 Å². The third-order valence-electron chi connectivity index (χ3n) is 4.06. The average Bonchev–Trinajstić information content (AvgIpc) is 2.60. The van der Waals surface area contributed by atoms with Gasteiger partial charge in [-0.15, -0.1) is 0 Å². The van der Waals surface area contributed by atoms with Crippen LogP contribution in [0, 0.1) is 0 Å². The minimum absolute atomic E-state index is 0.0678. The lowest BCUT2D eigenvalue weighted by molar-refractivity contribution is 0.0262. The van der Waals surface area contributed by atoms with Crippen LogP contribution in [0.5, 0.6) is 0 Å². The molecule has 0 fully saturated rings. The predicted molar refractivity (Wildman–Crippen MR) is 91.8 cm³/mol. The molecule has 0 saturated carbocycles. The van der Waals surface area contributed by atoms with Crippen LogP contribution in [-0.2, 0) is 17.8 Å². The van der Waals surface area contributed by atoms with Crippen molar-refractivity contribution in [1.29, 1.82) is 0 Å². The number of ether oxygens (including phenoxy) is 1. The summed E-state index contributed by atoms with van der Waals surface area (Å²) in [6, 6.07) is 8.22. The number of hydrogen-bond donors (Lipinski definition) is 0. The zero-order valence-electron chi connectivity index (χ0n) is 12.5. The summed E-state index contributed by atoms with van der Waals surface area (Å²) in [5.74, 6) is 0. The van der Waals surface area contributed by atoms with Gasteiger partial charge in [0.1, 0.15) is 5.15 Å². The first kappa shape index (κ1) is 14.9. The first-order valence-electron chi connectivity index (χ1n) is 7.30. The molecule has 0 amide bonds. The molecule has 0 bridgehead atoms. The van der Waals surface area contributed by atoms with E-state index in [1.807, 2.05) is 30.8 Å². The Morgan fingerprint density at radius 3 is 2.96 bits per heavy atom. The summed E-state index contributed by atoms with van der Waals surface area (Å²) in [5, 5.41) is 3.48. The van der Waals surface area contributed by atoms with Gasteiger partial charge in [-0.25, -0.2) is 9.97 Å². The predicted octanol–water partition coefficient (Wildman–Crippen LogP) is 4.21. The Labute approximate surface area is 143 Å². The Morgan fingerprint density at radius 2 is 2.09 bits per heavy atom. The van der Waals surface area contributed by atoms with Gasteiger partial charge in [-0.2, -0.15) is 0 Å². The molecule has 116 valence electrons. The first-order chi connectivity index (χ1) is 11.3. The van der Waals surface area contributed by atoms with Crippen molar-refractivity contribution in [2.75, 3.05) is 6.26 Å². The molecule has 6 heteroatoms. The first-order valence-corrected chi connectivity index (χ1v) is 8.90. The van der Waals surface area contributed by atoms with Gasteiger partial charge in [0.15, 0.2) is 5.16 Å². The van der Waals surface area contributed by atoms with Crippen LogP contribution in [0.4, 0.5) is 0 Å². The van der Waals surface area contributed by atoms with Crippen LogP contribution in [-0.4, -0.2) is 21.2 Å². The summed E-state index contributed by atoms with van der Waals surface area (Å²) >= 11 is 7.75. The maximum Gasteiger partial charge on any atom is 0.188 e. The molecule has 3 aromatic rings. The minimum Gasteiger partial charge on any atom is -0.368 e. The van der Waals surface area contributed by atoms with Gasteiger partial charge in [0.2, 0.25) is 0 Å². The monoisotopic (exact) mass is 343 g/mol. The topological polar surface area (TPSA) is 47.9 Å². The van der Waals surface area contributed by atoms with Gasteiger partial charge in [0, 0.05) is 35.3 Å². The average molecular weight is 344 g/mol. The van der Waals surface area contributed by atoms with Crippen molar-refractivity contribution in [2.45, 2.75) is 24.3 Å². The Morgan fingerprint density at radius 1 is 1.22 bits per heavy atom. The lowest BCUT2D eigenvalue weighted by atomic mass is 9.97. The Hall–Kier alpha value is -1.69. The Bertz CT molecular complexity index is 882. The van der Waals surface area contributed by atoms with Crippen LogP contribution >= 0.6 is 23.4 Å². The fraction of sp³-hybridized carbons (Fsp3) is 0.235. The standard InChI is InChI=1S/C17H14ClN3OS/c1-23-17-20-14-6-15(22-9-13(14)16(18)21-17)12-8-19-7-10-4-2-3-5-11(10)12/h2-5,7-8,15H,6,9H2,1H3. The van der Waals surface area contributed by atoms with E-state index in [1.165, 1.54) is 17.1 Å². The SMILES string of the molecule is CSc1nc(Cl)c2c(n1)CC(c1cncc3ccccc13)OC2. The molecular formula is C17H14ClN3OS. The van der Waals surface area contributed by atoms with Crippen molar-refractivity contribution < 1.29 is 4.74 Å². The van der Waals surface area contributed by atoms with E-state index in [-0.39, 0.29) is 6.10 Å². The number of nitrogens with zero attached hydrogens (tertiary/aromatic N) is 3. The van der Waals surface area contributed by atoms with Gasteiger partial charge in [-0.1, -0.05) is 47.6 Å². The molecule has 4 rings (SSSR count). The molecule has 23 heavy (non-hydrogen) atoms. The van der Waals surface area contributed by atoms with Crippen LogP contribution in [0.15, 0.2) is 41.8 Å². The van der Waals surface area contributed by atoms with Crippen molar-refractivity contribution in [3.63, 3.8) is 0 Å². The Kier molecular flexibility index (Phi) is 3.93. The van der Waals surface area contributed by atoms with Crippen molar-refractivity contribution in [3.05, 3.63) is 58.6 Å². The van der Waals surface area contributed by atoms with E-state index in [1.54, 1.807) is 0 Å². The maximum absolute atomic E-state index is 6.26. The van der Waals surface area contributed by atoms with Gasteiger partial charge in [0.05, 0.1) is 18.4 Å². The number of benzene rings is 1. The number of rotatable bonds is 2. The second-order valence-electron chi connectivity index (χ2n) is 5.38. The molecular weight excluding hydrogens is 330 g/mol. The number of thioether (sulfide) groups is 1. The third kappa shape index (κ3) is 2.69. The Balaban J connectivity index is 1.76. The maximum atomic E-state index is 6.26. The summed E-state index contributed by atoms with van der Waals surface area (Å²) in [6.07, 6.45) is 6.32. The molecule has 1 aliphatic heterocycles. The highest BCUT2D eigenvalue weighted by atomic mass is 35.5. The van der Waals surface area contributed by atoms with E-state index in [2.05, 4.69) is 27.1 Å². The number of pyridine rings is 1. The van der Waals surface area contributed by atoms with E-state index >= 15 is 0 Å². The molecule has 1 atom stereocenters. The quantitative estimate of drug-likeness (QED) is 0.396. The van der Waals surface area contributed by atoms with Crippen molar-refractivity contribution in [2.24, 2.45) is 0 Å². The number of fused-ring (bicyclic) bond motifs is 2. The largest absolute Gasteiger partial charge is 0.368 e. The highest BCUT2D eigenvalue weighted by molar-refractivity contribution is 7.98. The zero-order chi connectivity index (χ0) is 15.8. The minimum atomic E-state index is -0.0678. The molecule has 0 saturated heterocycles. The lowest BCUT2D eigenvalue weighted by Gasteiger charge is -2.26. The molecule has 0 radical (unpaired) electrons. The van der Waals surface area contributed by atoms with Gasteiger partial charge < -0.3 is 4.74 Å². The molecule has 3 heterocycles. The summed E-state index contributed by atoms with van der Waals surface area (Å²) < 4.78 is 6.04. The third-order valence-corrected chi connectivity index (χ3v) is 4.92. The van der Waals surface area contributed by atoms with Crippen LogP contribution in [0.3, 0.4) is 0 Å².